The van der Waals surface area contributed by atoms with Crippen molar-refractivity contribution in [2.45, 2.75) is 64.7 Å². The fourth-order valence-electron chi connectivity index (χ4n) is 10.5. The van der Waals surface area contributed by atoms with Crippen molar-refractivity contribution >= 4 is 21.8 Å². The number of fused-ring (bicyclic) bond motifs is 15. The van der Waals surface area contributed by atoms with Gasteiger partial charge in [0.25, 0.3) is 0 Å². The Hall–Kier alpha value is -5.66. The molecular weight excluding hydrogens is 639 g/mol. The zero-order chi connectivity index (χ0) is 36.0. The van der Waals surface area contributed by atoms with E-state index in [1.165, 1.54) is 111 Å². The van der Waals surface area contributed by atoms with Gasteiger partial charge in [-0.2, -0.15) is 0 Å². The molecular formula is C52H43N. The van der Waals surface area contributed by atoms with Crippen LogP contribution in [0.4, 0.5) is 0 Å². The zero-order valence-corrected chi connectivity index (χ0v) is 31.4. The van der Waals surface area contributed by atoms with Crippen LogP contribution >= 0.6 is 0 Å². The van der Waals surface area contributed by atoms with E-state index in [4.69, 9.17) is 0 Å². The molecule has 11 rings (SSSR count). The van der Waals surface area contributed by atoms with Crippen LogP contribution in [0.1, 0.15) is 90.1 Å². The van der Waals surface area contributed by atoms with Crippen molar-refractivity contribution in [3.05, 3.63) is 184 Å². The van der Waals surface area contributed by atoms with Gasteiger partial charge in [0.1, 0.15) is 0 Å². The van der Waals surface area contributed by atoms with Gasteiger partial charge in [0.2, 0.25) is 0 Å². The molecule has 0 radical (unpaired) electrons. The third kappa shape index (κ3) is 3.82. The summed E-state index contributed by atoms with van der Waals surface area (Å²) in [5.41, 5.74) is 23.7. The first-order valence-electron chi connectivity index (χ1n) is 19.4. The first-order chi connectivity index (χ1) is 25.7. The highest BCUT2D eigenvalue weighted by Crippen LogP contribution is 2.62. The Morgan fingerprint density at radius 1 is 0.528 bits per heavy atom. The van der Waals surface area contributed by atoms with Crippen LogP contribution in [0.25, 0.3) is 60.9 Å². The van der Waals surface area contributed by atoms with Gasteiger partial charge in [0, 0.05) is 16.2 Å². The molecule has 0 amide bonds. The molecule has 1 nitrogen and oxygen atoms in total. The Morgan fingerprint density at radius 2 is 1.15 bits per heavy atom. The molecule has 1 heteroatoms. The molecule has 0 bridgehead atoms. The molecule has 2 heterocycles. The van der Waals surface area contributed by atoms with Gasteiger partial charge in [-0.1, -0.05) is 136 Å². The monoisotopic (exact) mass is 681 g/mol. The van der Waals surface area contributed by atoms with Crippen LogP contribution < -0.4 is 0 Å². The lowest BCUT2D eigenvalue weighted by Gasteiger charge is -2.40. The summed E-state index contributed by atoms with van der Waals surface area (Å²) < 4.78 is 2.60. The van der Waals surface area contributed by atoms with E-state index >= 15 is 0 Å². The Labute approximate surface area is 312 Å². The maximum absolute atomic E-state index is 2.60. The number of rotatable bonds is 3. The summed E-state index contributed by atoms with van der Waals surface area (Å²) >= 11 is 0. The van der Waals surface area contributed by atoms with E-state index in [2.05, 4.69) is 180 Å². The van der Waals surface area contributed by atoms with E-state index in [0.29, 0.717) is 5.92 Å². The maximum atomic E-state index is 2.60. The van der Waals surface area contributed by atoms with Gasteiger partial charge in [0.15, 0.2) is 0 Å². The molecule has 0 fully saturated rings. The van der Waals surface area contributed by atoms with Gasteiger partial charge in [0.05, 0.1) is 22.1 Å². The highest BCUT2D eigenvalue weighted by molar-refractivity contribution is 6.14. The molecule has 1 aliphatic heterocycles. The topological polar surface area (TPSA) is 4.93 Å². The molecule has 1 aromatic heterocycles. The average Bonchev–Trinajstić information content (AvgIpc) is 3.74. The lowest BCUT2D eigenvalue weighted by atomic mass is 9.64. The summed E-state index contributed by atoms with van der Waals surface area (Å²) in [5.74, 6) is 0.462. The molecule has 0 N–H and O–H groups in total. The van der Waals surface area contributed by atoms with Crippen molar-refractivity contribution in [2.75, 3.05) is 0 Å². The molecule has 1 atom stereocenters. The Morgan fingerprint density at radius 3 is 1.89 bits per heavy atom. The minimum Gasteiger partial charge on any atom is -0.309 e. The number of aromatic nitrogens is 1. The minimum absolute atomic E-state index is 0.0753. The second-order valence-electron chi connectivity index (χ2n) is 16.6. The van der Waals surface area contributed by atoms with Crippen molar-refractivity contribution in [2.24, 2.45) is 0 Å². The number of aryl methyl sites for hydroxylation is 2. The van der Waals surface area contributed by atoms with E-state index in [1.54, 1.807) is 0 Å². The summed E-state index contributed by atoms with van der Waals surface area (Å²) in [7, 11) is 0. The average molecular weight is 682 g/mol. The molecule has 8 aromatic rings. The normalized spacial score (nSPS) is 15.7. The van der Waals surface area contributed by atoms with Crippen molar-refractivity contribution in [3.8, 4) is 39.1 Å². The summed E-state index contributed by atoms with van der Waals surface area (Å²) in [6.45, 7) is 13.9. The molecule has 1 unspecified atom stereocenters. The first-order valence-corrected chi connectivity index (χ1v) is 19.4. The fourth-order valence-corrected chi connectivity index (χ4v) is 10.5. The molecule has 0 saturated carbocycles. The van der Waals surface area contributed by atoms with Crippen LogP contribution in [0.5, 0.6) is 0 Å². The van der Waals surface area contributed by atoms with Crippen molar-refractivity contribution in [3.63, 3.8) is 0 Å². The molecule has 7 aromatic carbocycles. The van der Waals surface area contributed by atoms with Gasteiger partial charge in [-0.05, 0) is 135 Å². The quantitative estimate of drug-likeness (QED) is 0.175. The van der Waals surface area contributed by atoms with Crippen molar-refractivity contribution < 1.29 is 0 Å². The van der Waals surface area contributed by atoms with E-state index in [1.807, 2.05) is 0 Å². The second kappa shape index (κ2) is 10.5. The Kier molecular flexibility index (Phi) is 6.11. The Balaban J connectivity index is 1.30. The highest BCUT2D eigenvalue weighted by atomic mass is 15.0. The van der Waals surface area contributed by atoms with Crippen LogP contribution in [0, 0.1) is 13.8 Å². The van der Waals surface area contributed by atoms with E-state index in [9.17, 15) is 0 Å². The predicted molar refractivity (Wildman–Crippen MR) is 223 cm³/mol. The summed E-state index contributed by atoms with van der Waals surface area (Å²) in [6, 6.07) is 52.2. The van der Waals surface area contributed by atoms with Crippen LogP contribution in [0.15, 0.2) is 133 Å². The van der Waals surface area contributed by atoms with Crippen LogP contribution in [-0.4, -0.2) is 4.57 Å². The number of benzene rings is 7. The number of nitrogens with zero attached hydrogens (tertiary/aromatic N) is 1. The lowest BCUT2D eigenvalue weighted by Crippen LogP contribution is -2.33. The highest BCUT2D eigenvalue weighted by Gasteiger charge is 2.51. The van der Waals surface area contributed by atoms with E-state index in [-0.39, 0.29) is 5.41 Å². The van der Waals surface area contributed by atoms with Crippen LogP contribution in [-0.2, 0) is 10.8 Å². The number of hydrogen-bond donors (Lipinski definition) is 0. The Bertz CT molecular complexity index is 2850. The summed E-state index contributed by atoms with van der Waals surface area (Å²) in [5, 5.41) is 2.65. The maximum Gasteiger partial charge on any atom is 0.0754 e. The smallest absolute Gasteiger partial charge is 0.0754 e. The largest absolute Gasteiger partial charge is 0.309 e. The van der Waals surface area contributed by atoms with E-state index in [0.717, 1.165) is 6.42 Å². The third-order valence-corrected chi connectivity index (χ3v) is 13.4. The second-order valence-corrected chi connectivity index (χ2v) is 16.6. The zero-order valence-electron chi connectivity index (χ0n) is 31.4. The van der Waals surface area contributed by atoms with Crippen molar-refractivity contribution in [1.82, 2.24) is 4.57 Å². The SMILES string of the molecule is CCC(C)c1ccc2c(c1)C1(c3ccccc3-c3ccccc31)c1cc(-c3ccc4c(c3)C(C)(C)c3cc(C)ccc3-4)cc3c4cc(C)ccc4n-2c13. The lowest BCUT2D eigenvalue weighted by molar-refractivity contribution is 0.660. The molecule has 1 spiro atoms. The van der Waals surface area contributed by atoms with Crippen molar-refractivity contribution in [1.29, 1.82) is 0 Å². The minimum atomic E-state index is -0.469. The summed E-state index contributed by atoms with van der Waals surface area (Å²) in [6.07, 6.45) is 1.10. The predicted octanol–water partition coefficient (Wildman–Crippen LogP) is 13.6. The molecule has 3 aliphatic rings. The first kappa shape index (κ1) is 30.9. The van der Waals surface area contributed by atoms with Gasteiger partial charge >= 0.3 is 0 Å². The molecule has 0 saturated heterocycles. The number of hydrogen-bond acceptors (Lipinski definition) is 0. The van der Waals surface area contributed by atoms with Gasteiger partial charge in [-0.3, -0.25) is 0 Å². The summed E-state index contributed by atoms with van der Waals surface area (Å²) in [4.78, 5) is 0. The van der Waals surface area contributed by atoms with Gasteiger partial charge in [-0.15, -0.1) is 0 Å². The third-order valence-electron chi connectivity index (χ3n) is 13.4. The standard InChI is InChI=1S/C52H43N/c1-7-32(4)33-19-23-49-46(27-33)52(42-14-10-8-12-36(42)37-13-9-11-15-43(37)52)47-29-35(26-41-40-24-30(2)17-22-48(40)53(49)50(41)47)34-18-21-39-38-20-16-31(3)25-44(38)51(5,6)45(39)28-34/h8-29,32H,7H2,1-6H3. The molecule has 256 valence electrons. The van der Waals surface area contributed by atoms with Gasteiger partial charge in [-0.25, -0.2) is 0 Å². The fraction of sp³-hybridized carbons (Fsp3) is 0.192. The van der Waals surface area contributed by atoms with Crippen LogP contribution in [0.2, 0.25) is 0 Å². The van der Waals surface area contributed by atoms with Crippen LogP contribution in [0.3, 0.4) is 0 Å². The molecule has 53 heavy (non-hydrogen) atoms. The van der Waals surface area contributed by atoms with E-state index < -0.39 is 5.41 Å². The molecule has 2 aliphatic carbocycles. The van der Waals surface area contributed by atoms with Gasteiger partial charge < -0.3 is 4.57 Å².